The summed E-state index contributed by atoms with van der Waals surface area (Å²) in [5, 5.41) is 8.70. The predicted molar refractivity (Wildman–Crippen MR) is 47.1 cm³/mol. The van der Waals surface area contributed by atoms with E-state index >= 15 is 0 Å². The van der Waals surface area contributed by atoms with Crippen molar-refractivity contribution in [2.24, 2.45) is 0 Å². The minimum Gasteiger partial charge on any atom is -0.392 e. The maximum absolute atomic E-state index is 12.6. The lowest BCUT2D eigenvalue weighted by Gasteiger charge is -1.96. The molecule has 1 N–H and O–H groups in total. The van der Waals surface area contributed by atoms with Gasteiger partial charge >= 0.3 is 0 Å². The summed E-state index contributed by atoms with van der Waals surface area (Å²) in [6, 6.07) is 6.26. The first-order valence-corrected chi connectivity index (χ1v) is 3.76. The van der Waals surface area contributed by atoms with Crippen molar-refractivity contribution in [1.29, 1.82) is 0 Å². The number of rotatable bonds is 2. The molecule has 0 amide bonds. The van der Waals surface area contributed by atoms with Crippen LogP contribution in [-0.4, -0.2) is 11.7 Å². The van der Waals surface area contributed by atoms with Crippen molar-refractivity contribution in [1.82, 2.24) is 0 Å². The molecule has 2 heteroatoms. The third kappa shape index (κ3) is 2.47. The summed E-state index contributed by atoms with van der Waals surface area (Å²) >= 11 is 0. The van der Waals surface area contributed by atoms with Gasteiger partial charge in [-0.3, -0.25) is 0 Å². The Morgan fingerprint density at radius 1 is 1.58 bits per heavy atom. The van der Waals surface area contributed by atoms with Crippen molar-refractivity contribution >= 4 is 6.08 Å². The number of hydrogen-bond acceptors (Lipinski definition) is 1. The molecule has 1 rings (SSSR count). The van der Waals surface area contributed by atoms with Crippen molar-refractivity contribution in [2.45, 2.75) is 6.92 Å². The Labute approximate surface area is 71.2 Å². The zero-order chi connectivity index (χ0) is 8.97. The van der Waals surface area contributed by atoms with Gasteiger partial charge in [0.15, 0.2) is 0 Å². The molecule has 0 heterocycles. The molecule has 0 atom stereocenters. The van der Waals surface area contributed by atoms with Crippen LogP contribution in [0.1, 0.15) is 12.5 Å². The maximum Gasteiger partial charge on any atom is 0.123 e. The summed E-state index contributed by atoms with van der Waals surface area (Å²) in [7, 11) is 0. The molecule has 64 valence electrons. The van der Waals surface area contributed by atoms with Crippen LogP contribution in [0.25, 0.3) is 6.08 Å². The van der Waals surface area contributed by atoms with Crippen molar-refractivity contribution in [2.75, 3.05) is 6.61 Å². The van der Waals surface area contributed by atoms with Gasteiger partial charge < -0.3 is 5.11 Å². The Kier molecular flexibility index (Phi) is 3.00. The van der Waals surface area contributed by atoms with Crippen LogP contribution in [-0.2, 0) is 0 Å². The van der Waals surface area contributed by atoms with Crippen LogP contribution >= 0.6 is 0 Å². The molecule has 0 radical (unpaired) electrons. The fraction of sp³-hybridized carbons (Fsp3) is 0.200. The molecule has 1 aromatic carbocycles. The van der Waals surface area contributed by atoms with Crippen LogP contribution in [0.5, 0.6) is 0 Å². The number of aliphatic hydroxyl groups excluding tert-OH is 1. The van der Waals surface area contributed by atoms with E-state index in [1.807, 2.05) is 0 Å². The molecule has 0 aromatic heterocycles. The molecule has 0 unspecified atom stereocenters. The van der Waals surface area contributed by atoms with Crippen molar-refractivity contribution in [3.8, 4) is 0 Å². The fourth-order valence-corrected chi connectivity index (χ4v) is 0.927. The normalized spacial score (nSPS) is 11.8. The Hall–Kier alpha value is -1.15. The minimum atomic E-state index is -0.255. The topological polar surface area (TPSA) is 20.2 Å². The van der Waals surface area contributed by atoms with Gasteiger partial charge in [0.05, 0.1) is 6.61 Å². The molecule has 0 aliphatic rings. The fourth-order valence-electron chi connectivity index (χ4n) is 0.927. The summed E-state index contributed by atoms with van der Waals surface area (Å²) in [5.41, 5.74) is 1.60. The average molecular weight is 166 g/mol. The highest BCUT2D eigenvalue weighted by Crippen LogP contribution is 2.07. The number of aliphatic hydroxyl groups is 1. The molecule has 0 aliphatic heterocycles. The predicted octanol–water partition coefficient (Wildman–Crippen LogP) is 2.22. The Balaban J connectivity index is 2.89. The largest absolute Gasteiger partial charge is 0.392 e. The average Bonchev–Trinajstić information content (AvgIpc) is 2.04. The SMILES string of the molecule is CC(=Cc1cccc(F)c1)CO. The molecule has 0 saturated heterocycles. The molecule has 0 fully saturated rings. The first-order valence-electron chi connectivity index (χ1n) is 3.76. The summed E-state index contributed by atoms with van der Waals surface area (Å²) in [4.78, 5) is 0. The van der Waals surface area contributed by atoms with E-state index in [1.165, 1.54) is 12.1 Å². The van der Waals surface area contributed by atoms with Gasteiger partial charge in [-0.1, -0.05) is 18.2 Å². The van der Waals surface area contributed by atoms with Crippen LogP contribution < -0.4 is 0 Å². The van der Waals surface area contributed by atoms with E-state index in [-0.39, 0.29) is 12.4 Å². The molecule has 12 heavy (non-hydrogen) atoms. The van der Waals surface area contributed by atoms with E-state index in [9.17, 15) is 4.39 Å². The monoisotopic (exact) mass is 166 g/mol. The Morgan fingerprint density at radius 2 is 2.33 bits per heavy atom. The molecule has 0 aliphatic carbocycles. The Morgan fingerprint density at radius 3 is 2.92 bits per heavy atom. The molecule has 0 bridgehead atoms. The van der Waals surface area contributed by atoms with Gasteiger partial charge in [-0.25, -0.2) is 4.39 Å². The summed E-state index contributed by atoms with van der Waals surface area (Å²) in [5.74, 6) is -0.255. The highest BCUT2D eigenvalue weighted by molar-refractivity contribution is 5.52. The van der Waals surface area contributed by atoms with Crippen molar-refractivity contribution < 1.29 is 9.50 Å². The van der Waals surface area contributed by atoms with Gasteiger partial charge in [-0.15, -0.1) is 0 Å². The summed E-state index contributed by atoms with van der Waals surface area (Å²) in [6.07, 6.45) is 1.75. The van der Waals surface area contributed by atoms with Crippen LogP contribution in [0.15, 0.2) is 29.8 Å². The number of hydrogen-bond donors (Lipinski definition) is 1. The van der Waals surface area contributed by atoms with Gasteiger partial charge in [-0.2, -0.15) is 0 Å². The highest BCUT2D eigenvalue weighted by Gasteiger charge is 1.91. The quantitative estimate of drug-likeness (QED) is 0.714. The zero-order valence-corrected chi connectivity index (χ0v) is 6.92. The van der Waals surface area contributed by atoms with Gasteiger partial charge in [0.1, 0.15) is 5.82 Å². The van der Waals surface area contributed by atoms with Gasteiger partial charge in [0.2, 0.25) is 0 Å². The molecular formula is C10H11FO. The summed E-state index contributed by atoms with van der Waals surface area (Å²) in [6.45, 7) is 1.81. The van der Waals surface area contributed by atoms with Crippen molar-refractivity contribution in [3.05, 3.63) is 41.2 Å². The lowest BCUT2D eigenvalue weighted by atomic mass is 10.1. The van der Waals surface area contributed by atoms with E-state index in [2.05, 4.69) is 0 Å². The van der Waals surface area contributed by atoms with Crippen LogP contribution in [0.2, 0.25) is 0 Å². The Bertz CT molecular complexity index is 292. The molecule has 0 spiro atoms. The van der Waals surface area contributed by atoms with Crippen LogP contribution in [0.3, 0.4) is 0 Å². The maximum atomic E-state index is 12.6. The first-order chi connectivity index (χ1) is 5.72. The van der Waals surface area contributed by atoms with Gasteiger partial charge in [0, 0.05) is 0 Å². The minimum absolute atomic E-state index is 0.0104. The van der Waals surface area contributed by atoms with E-state index in [4.69, 9.17) is 5.11 Å². The molecule has 0 saturated carbocycles. The van der Waals surface area contributed by atoms with E-state index in [1.54, 1.807) is 25.1 Å². The third-order valence-electron chi connectivity index (χ3n) is 1.51. The van der Waals surface area contributed by atoms with Crippen LogP contribution in [0, 0.1) is 5.82 Å². The molecule has 1 aromatic rings. The van der Waals surface area contributed by atoms with Gasteiger partial charge in [-0.05, 0) is 30.2 Å². The molecule has 1 nitrogen and oxygen atoms in total. The second-order valence-electron chi connectivity index (χ2n) is 2.70. The second kappa shape index (κ2) is 4.02. The smallest absolute Gasteiger partial charge is 0.123 e. The third-order valence-corrected chi connectivity index (χ3v) is 1.51. The zero-order valence-electron chi connectivity index (χ0n) is 6.92. The highest BCUT2D eigenvalue weighted by atomic mass is 19.1. The number of benzene rings is 1. The van der Waals surface area contributed by atoms with Crippen LogP contribution in [0.4, 0.5) is 4.39 Å². The van der Waals surface area contributed by atoms with Crippen molar-refractivity contribution in [3.63, 3.8) is 0 Å². The van der Waals surface area contributed by atoms with E-state index in [0.717, 1.165) is 11.1 Å². The summed E-state index contributed by atoms with van der Waals surface area (Å²) < 4.78 is 12.6. The molecular weight excluding hydrogens is 155 g/mol. The standard InChI is InChI=1S/C10H11FO/c1-8(7-12)5-9-3-2-4-10(11)6-9/h2-6,12H,7H2,1H3. The van der Waals surface area contributed by atoms with Gasteiger partial charge in [0.25, 0.3) is 0 Å². The second-order valence-corrected chi connectivity index (χ2v) is 2.70. The number of halogens is 1. The lowest BCUT2D eigenvalue weighted by molar-refractivity contribution is 0.332. The first kappa shape index (κ1) is 8.94. The van der Waals surface area contributed by atoms with E-state index < -0.39 is 0 Å². The van der Waals surface area contributed by atoms with E-state index in [0.29, 0.717) is 0 Å². The lowest BCUT2D eigenvalue weighted by Crippen LogP contribution is -1.84.